The lowest BCUT2D eigenvalue weighted by Crippen LogP contribution is -2.27. The van der Waals surface area contributed by atoms with E-state index in [2.05, 4.69) is 5.32 Å². The van der Waals surface area contributed by atoms with Crippen molar-refractivity contribution in [2.24, 2.45) is 0 Å². The number of ketones is 1. The van der Waals surface area contributed by atoms with Gasteiger partial charge in [-0.25, -0.2) is 0 Å². The number of carbonyl (C=O) groups is 2. The molecule has 4 heteroatoms. The van der Waals surface area contributed by atoms with E-state index in [9.17, 15) is 14.7 Å². The first-order chi connectivity index (χ1) is 7.91. The molecule has 1 amide bonds. The molecule has 0 spiro atoms. The second kappa shape index (κ2) is 5.48. The normalized spacial score (nSPS) is 10.4. The number of amides is 1. The molecule has 0 atom stereocenters. The van der Waals surface area contributed by atoms with Gasteiger partial charge in [0.2, 0.25) is 5.91 Å². The predicted octanol–water partition coefficient (Wildman–Crippen LogP) is 1.83. The summed E-state index contributed by atoms with van der Waals surface area (Å²) in [5.74, 6) is -0.309. The van der Waals surface area contributed by atoms with E-state index < -0.39 is 0 Å². The first-order valence-electron chi connectivity index (χ1n) is 5.52. The number of hydrogen-bond donors (Lipinski definition) is 2. The third-order valence-electron chi connectivity index (χ3n) is 2.49. The third kappa shape index (κ3) is 3.59. The van der Waals surface area contributed by atoms with Gasteiger partial charge in [-0.3, -0.25) is 9.59 Å². The summed E-state index contributed by atoms with van der Waals surface area (Å²) in [6.45, 7) is 5.26. The Labute approximate surface area is 101 Å². The van der Waals surface area contributed by atoms with Crippen LogP contribution in [0.2, 0.25) is 0 Å². The Morgan fingerprint density at radius 1 is 1.35 bits per heavy atom. The van der Waals surface area contributed by atoms with Crippen molar-refractivity contribution >= 4 is 11.7 Å². The highest BCUT2D eigenvalue weighted by atomic mass is 16.3. The Morgan fingerprint density at radius 3 is 2.47 bits per heavy atom. The molecule has 0 saturated heterocycles. The van der Waals surface area contributed by atoms with Gasteiger partial charge in [-0.05, 0) is 23.6 Å². The van der Waals surface area contributed by atoms with Crippen LogP contribution in [0.4, 0.5) is 0 Å². The fraction of sp³-hybridized carbons (Fsp3) is 0.385. The molecular weight excluding hydrogens is 218 g/mol. The standard InChI is InChI=1S/C13H17NO3/c1-8(2)10-4-5-11(12(16)6-10)13(17)7-14-9(3)15/h4-6,8,16H,7H2,1-3H3,(H,14,15). The van der Waals surface area contributed by atoms with E-state index in [0.29, 0.717) is 5.92 Å². The van der Waals surface area contributed by atoms with Crippen LogP contribution in [0.5, 0.6) is 5.75 Å². The number of hydrogen-bond acceptors (Lipinski definition) is 3. The lowest BCUT2D eigenvalue weighted by atomic mass is 9.99. The Balaban J connectivity index is 2.85. The van der Waals surface area contributed by atoms with Gasteiger partial charge in [0.1, 0.15) is 5.75 Å². The molecule has 0 bridgehead atoms. The molecule has 0 radical (unpaired) electrons. The fourth-order valence-electron chi connectivity index (χ4n) is 1.44. The van der Waals surface area contributed by atoms with Gasteiger partial charge in [0.15, 0.2) is 5.78 Å². The van der Waals surface area contributed by atoms with Gasteiger partial charge in [-0.1, -0.05) is 19.9 Å². The van der Waals surface area contributed by atoms with Gasteiger partial charge in [0.05, 0.1) is 12.1 Å². The van der Waals surface area contributed by atoms with Gasteiger partial charge in [0.25, 0.3) is 0 Å². The summed E-state index contributed by atoms with van der Waals surface area (Å²) in [6, 6.07) is 4.99. The minimum absolute atomic E-state index is 0.0356. The van der Waals surface area contributed by atoms with Crippen LogP contribution in [-0.4, -0.2) is 23.3 Å². The van der Waals surface area contributed by atoms with Crippen molar-refractivity contribution in [3.05, 3.63) is 29.3 Å². The van der Waals surface area contributed by atoms with E-state index in [1.807, 2.05) is 19.9 Å². The van der Waals surface area contributed by atoms with Crippen LogP contribution in [0.15, 0.2) is 18.2 Å². The summed E-state index contributed by atoms with van der Waals surface area (Å²) in [5, 5.41) is 12.2. The summed E-state index contributed by atoms with van der Waals surface area (Å²) in [5.41, 5.74) is 1.21. The second-order valence-corrected chi connectivity index (χ2v) is 4.26. The van der Waals surface area contributed by atoms with Crippen LogP contribution < -0.4 is 5.32 Å². The zero-order valence-electron chi connectivity index (χ0n) is 10.3. The van der Waals surface area contributed by atoms with Crippen LogP contribution in [0.25, 0.3) is 0 Å². The van der Waals surface area contributed by atoms with Crippen LogP contribution >= 0.6 is 0 Å². The molecule has 0 aromatic heterocycles. The Morgan fingerprint density at radius 2 is 2.00 bits per heavy atom. The third-order valence-corrected chi connectivity index (χ3v) is 2.49. The molecule has 1 aromatic rings. The zero-order chi connectivity index (χ0) is 13.0. The maximum atomic E-state index is 11.7. The second-order valence-electron chi connectivity index (χ2n) is 4.26. The van der Waals surface area contributed by atoms with Crippen molar-refractivity contribution in [2.45, 2.75) is 26.7 Å². The predicted molar refractivity (Wildman–Crippen MR) is 65.2 cm³/mol. The van der Waals surface area contributed by atoms with Crippen molar-refractivity contribution in [2.75, 3.05) is 6.54 Å². The number of nitrogens with one attached hydrogen (secondary N) is 1. The van der Waals surface area contributed by atoms with Crippen LogP contribution in [-0.2, 0) is 4.79 Å². The average molecular weight is 235 g/mol. The van der Waals surface area contributed by atoms with Crippen molar-refractivity contribution in [3.63, 3.8) is 0 Å². The summed E-state index contributed by atoms with van der Waals surface area (Å²) in [6.07, 6.45) is 0. The molecule has 0 unspecified atom stereocenters. The highest BCUT2D eigenvalue weighted by molar-refractivity contribution is 6.01. The Hall–Kier alpha value is -1.84. The van der Waals surface area contributed by atoms with E-state index in [1.54, 1.807) is 12.1 Å². The first-order valence-corrected chi connectivity index (χ1v) is 5.52. The number of aromatic hydroxyl groups is 1. The number of benzene rings is 1. The van der Waals surface area contributed by atoms with E-state index in [-0.39, 0.29) is 29.5 Å². The number of carbonyl (C=O) groups excluding carboxylic acids is 2. The van der Waals surface area contributed by atoms with Crippen LogP contribution in [0.3, 0.4) is 0 Å². The van der Waals surface area contributed by atoms with Crippen LogP contribution in [0, 0.1) is 0 Å². The van der Waals surface area contributed by atoms with Gasteiger partial charge in [-0.15, -0.1) is 0 Å². The lowest BCUT2D eigenvalue weighted by Gasteiger charge is -2.09. The average Bonchev–Trinajstić information content (AvgIpc) is 2.25. The van der Waals surface area contributed by atoms with Gasteiger partial charge in [-0.2, -0.15) is 0 Å². The van der Waals surface area contributed by atoms with Crippen molar-refractivity contribution in [1.29, 1.82) is 0 Å². The topological polar surface area (TPSA) is 66.4 Å². The largest absolute Gasteiger partial charge is 0.507 e. The summed E-state index contributed by atoms with van der Waals surface area (Å²) in [4.78, 5) is 22.4. The molecule has 0 aliphatic heterocycles. The lowest BCUT2D eigenvalue weighted by molar-refractivity contribution is -0.118. The summed E-state index contributed by atoms with van der Waals surface area (Å²) in [7, 11) is 0. The first kappa shape index (κ1) is 13.2. The maximum absolute atomic E-state index is 11.7. The minimum atomic E-state index is -0.298. The Kier molecular flexibility index (Phi) is 4.26. The van der Waals surface area contributed by atoms with Crippen LogP contribution in [0.1, 0.15) is 42.6 Å². The highest BCUT2D eigenvalue weighted by Crippen LogP contribution is 2.23. The number of phenolic OH excluding ortho intramolecular Hbond substituents is 1. The van der Waals surface area contributed by atoms with Crippen molar-refractivity contribution < 1.29 is 14.7 Å². The monoisotopic (exact) mass is 235 g/mol. The highest BCUT2D eigenvalue weighted by Gasteiger charge is 2.12. The molecule has 2 N–H and O–H groups in total. The molecule has 4 nitrogen and oxygen atoms in total. The quantitative estimate of drug-likeness (QED) is 0.782. The maximum Gasteiger partial charge on any atom is 0.217 e. The van der Waals surface area contributed by atoms with Gasteiger partial charge in [0, 0.05) is 6.92 Å². The van der Waals surface area contributed by atoms with E-state index in [1.165, 1.54) is 6.92 Å². The van der Waals surface area contributed by atoms with E-state index in [0.717, 1.165) is 5.56 Å². The van der Waals surface area contributed by atoms with E-state index in [4.69, 9.17) is 0 Å². The molecule has 0 heterocycles. The molecular formula is C13H17NO3. The van der Waals surface area contributed by atoms with E-state index >= 15 is 0 Å². The Bertz CT molecular complexity index is 438. The summed E-state index contributed by atoms with van der Waals surface area (Å²) >= 11 is 0. The fourth-order valence-corrected chi connectivity index (χ4v) is 1.44. The molecule has 0 fully saturated rings. The molecule has 0 saturated carbocycles. The van der Waals surface area contributed by atoms with Gasteiger partial charge >= 0.3 is 0 Å². The molecule has 1 rings (SSSR count). The molecule has 0 aliphatic carbocycles. The zero-order valence-corrected chi connectivity index (χ0v) is 10.3. The van der Waals surface area contributed by atoms with Gasteiger partial charge < -0.3 is 10.4 Å². The number of phenols is 1. The van der Waals surface area contributed by atoms with Crippen molar-refractivity contribution in [1.82, 2.24) is 5.32 Å². The summed E-state index contributed by atoms with van der Waals surface area (Å²) < 4.78 is 0. The minimum Gasteiger partial charge on any atom is -0.507 e. The molecule has 1 aromatic carbocycles. The number of Topliss-reactive ketones (excluding diaryl/α,β-unsaturated/α-hetero) is 1. The SMILES string of the molecule is CC(=O)NCC(=O)c1ccc(C(C)C)cc1O. The molecule has 17 heavy (non-hydrogen) atoms. The molecule has 92 valence electrons. The molecule has 0 aliphatic rings. The van der Waals surface area contributed by atoms with Crippen molar-refractivity contribution in [3.8, 4) is 5.75 Å². The smallest absolute Gasteiger partial charge is 0.217 e. The number of rotatable bonds is 4.